The van der Waals surface area contributed by atoms with Crippen molar-refractivity contribution in [2.24, 2.45) is 0 Å². The van der Waals surface area contributed by atoms with Gasteiger partial charge in [-0.1, -0.05) is 48.5 Å². The SMILES string of the molecule is COc1ccc(C(=O)C[C@@H]2C[C@H](c3ccccc3)c3ccccc3S2)cc1. The maximum absolute atomic E-state index is 12.8. The summed E-state index contributed by atoms with van der Waals surface area (Å²) in [5, 5.41) is 0.278. The zero-order valence-corrected chi connectivity index (χ0v) is 16.1. The first-order chi connectivity index (χ1) is 13.2. The quantitative estimate of drug-likeness (QED) is 0.515. The van der Waals surface area contributed by atoms with Crippen LogP contribution in [0.4, 0.5) is 0 Å². The molecule has 0 radical (unpaired) electrons. The van der Waals surface area contributed by atoms with Crippen LogP contribution in [0.1, 0.15) is 40.2 Å². The van der Waals surface area contributed by atoms with Crippen LogP contribution in [0.15, 0.2) is 83.8 Å². The van der Waals surface area contributed by atoms with E-state index in [0.717, 1.165) is 17.7 Å². The zero-order chi connectivity index (χ0) is 18.6. The summed E-state index contributed by atoms with van der Waals surface area (Å²) in [6, 6.07) is 26.6. The summed E-state index contributed by atoms with van der Waals surface area (Å²) >= 11 is 1.84. The first kappa shape index (κ1) is 17.9. The highest BCUT2D eigenvalue weighted by molar-refractivity contribution is 8.00. The molecule has 0 saturated heterocycles. The largest absolute Gasteiger partial charge is 0.497 e. The highest BCUT2D eigenvalue weighted by Crippen LogP contribution is 2.46. The van der Waals surface area contributed by atoms with Crippen molar-refractivity contribution in [3.63, 3.8) is 0 Å². The molecule has 1 heterocycles. The van der Waals surface area contributed by atoms with Crippen LogP contribution < -0.4 is 4.74 Å². The second-order valence-corrected chi connectivity index (χ2v) is 8.17. The van der Waals surface area contributed by atoms with Gasteiger partial charge in [-0.3, -0.25) is 4.79 Å². The number of rotatable bonds is 5. The van der Waals surface area contributed by atoms with Crippen LogP contribution in [0, 0.1) is 0 Å². The Labute approximate surface area is 164 Å². The molecule has 2 nitrogen and oxygen atoms in total. The standard InChI is InChI=1S/C24H22O2S/c1-26-19-13-11-18(12-14-19)23(25)16-20-15-22(17-7-3-2-4-8-17)21-9-5-6-10-24(21)27-20/h2-14,20,22H,15-16H2,1H3/t20-,22+/m0/s1. The minimum atomic E-state index is 0.196. The summed E-state index contributed by atoms with van der Waals surface area (Å²) in [5.74, 6) is 1.32. The van der Waals surface area contributed by atoms with Crippen molar-refractivity contribution in [3.05, 3.63) is 95.6 Å². The Morgan fingerprint density at radius 1 is 0.963 bits per heavy atom. The van der Waals surface area contributed by atoms with E-state index in [2.05, 4.69) is 54.6 Å². The average Bonchev–Trinajstić information content (AvgIpc) is 2.74. The van der Waals surface area contributed by atoms with Crippen molar-refractivity contribution in [1.82, 2.24) is 0 Å². The Hall–Kier alpha value is -2.52. The number of carbonyl (C=O) groups excluding carboxylic acids is 1. The highest BCUT2D eigenvalue weighted by atomic mass is 32.2. The topological polar surface area (TPSA) is 26.3 Å². The van der Waals surface area contributed by atoms with Gasteiger partial charge < -0.3 is 4.74 Å². The van der Waals surface area contributed by atoms with E-state index < -0.39 is 0 Å². The van der Waals surface area contributed by atoms with Gasteiger partial charge in [-0.2, -0.15) is 0 Å². The molecule has 3 aromatic carbocycles. The van der Waals surface area contributed by atoms with Gasteiger partial charge in [-0.15, -0.1) is 11.8 Å². The predicted molar refractivity (Wildman–Crippen MR) is 111 cm³/mol. The van der Waals surface area contributed by atoms with Crippen LogP contribution in [0.2, 0.25) is 0 Å². The Kier molecular flexibility index (Phi) is 5.30. The van der Waals surface area contributed by atoms with Crippen molar-refractivity contribution in [1.29, 1.82) is 0 Å². The fourth-order valence-electron chi connectivity index (χ4n) is 3.72. The maximum Gasteiger partial charge on any atom is 0.163 e. The van der Waals surface area contributed by atoms with Crippen LogP contribution in [0.5, 0.6) is 5.75 Å². The molecular formula is C24H22O2S. The first-order valence-electron chi connectivity index (χ1n) is 9.22. The average molecular weight is 375 g/mol. The number of hydrogen-bond donors (Lipinski definition) is 0. The molecule has 27 heavy (non-hydrogen) atoms. The van der Waals surface area contributed by atoms with Gasteiger partial charge in [0.25, 0.3) is 0 Å². The third kappa shape index (κ3) is 3.93. The molecule has 136 valence electrons. The number of hydrogen-bond acceptors (Lipinski definition) is 3. The minimum Gasteiger partial charge on any atom is -0.497 e. The Balaban J connectivity index is 1.56. The Bertz CT molecular complexity index is 919. The molecule has 0 spiro atoms. The van der Waals surface area contributed by atoms with E-state index in [1.54, 1.807) is 7.11 Å². The number of thioether (sulfide) groups is 1. The number of Topliss-reactive ketones (excluding diaryl/α,β-unsaturated/α-hetero) is 1. The van der Waals surface area contributed by atoms with Gasteiger partial charge in [0.1, 0.15) is 5.75 Å². The van der Waals surface area contributed by atoms with E-state index in [1.165, 1.54) is 16.0 Å². The molecule has 0 unspecified atom stereocenters. The predicted octanol–water partition coefficient (Wildman–Crippen LogP) is 5.96. The van der Waals surface area contributed by atoms with Crippen LogP contribution in [-0.4, -0.2) is 18.1 Å². The number of ketones is 1. The van der Waals surface area contributed by atoms with E-state index in [9.17, 15) is 4.79 Å². The minimum absolute atomic E-state index is 0.196. The normalized spacial score (nSPS) is 18.6. The molecule has 1 aliphatic rings. The number of fused-ring (bicyclic) bond motifs is 1. The van der Waals surface area contributed by atoms with Crippen LogP contribution in [-0.2, 0) is 0 Å². The molecule has 4 rings (SSSR count). The van der Waals surface area contributed by atoms with Crippen LogP contribution in [0.3, 0.4) is 0 Å². The van der Waals surface area contributed by atoms with Gasteiger partial charge in [0.15, 0.2) is 5.78 Å². The molecule has 3 heteroatoms. The Morgan fingerprint density at radius 2 is 1.67 bits per heavy atom. The summed E-state index contributed by atoms with van der Waals surface area (Å²) in [5.41, 5.74) is 3.46. The summed E-state index contributed by atoms with van der Waals surface area (Å²) in [6.07, 6.45) is 1.53. The first-order valence-corrected chi connectivity index (χ1v) is 10.1. The monoisotopic (exact) mass is 374 g/mol. The molecule has 0 bridgehead atoms. The van der Waals surface area contributed by atoms with E-state index in [1.807, 2.05) is 36.0 Å². The fraction of sp³-hybridized carbons (Fsp3) is 0.208. The number of methoxy groups -OCH3 is 1. The summed E-state index contributed by atoms with van der Waals surface area (Å²) in [4.78, 5) is 14.1. The lowest BCUT2D eigenvalue weighted by atomic mass is 9.85. The molecule has 3 aromatic rings. The van der Waals surface area contributed by atoms with Crippen LogP contribution in [0.25, 0.3) is 0 Å². The van der Waals surface area contributed by atoms with E-state index >= 15 is 0 Å². The molecular weight excluding hydrogens is 352 g/mol. The smallest absolute Gasteiger partial charge is 0.163 e. The Morgan fingerprint density at radius 3 is 2.41 bits per heavy atom. The number of benzene rings is 3. The van der Waals surface area contributed by atoms with Gasteiger partial charge in [0.2, 0.25) is 0 Å². The molecule has 0 saturated carbocycles. The molecule has 1 aliphatic heterocycles. The molecule has 0 amide bonds. The zero-order valence-electron chi connectivity index (χ0n) is 15.3. The van der Waals surface area contributed by atoms with Gasteiger partial charge in [0, 0.05) is 28.0 Å². The molecule has 0 aliphatic carbocycles. The maximum atomic E-state index is 12.8. The second-order valence-electron chi connectivity index (χ2n) is 6.83. The van der Waals surface area contributed by atoms with E-state index in [-0.39, 0.29) is 11.0 Å². The molecule has 0 N–H and O–H groups in total. The van der Waals surface area contributed by atoms with E-state index in [0.29, 0.717) is 12.3 Å². The van der Waals surface area contributed by atoms with Gasteiger partial charge in [-0.25, -0.2) is 0 Å². The third-order valence-electron chi connectivity index (χ3n) is 5.11. The van der Waals surface area contributed by atoms with Gasteiger partial charge >= 0.3 is 0 Å². The van der Waals surface area contributed by atoms with Crippen molar-refractivity contribution < 1.29 is 9.53 Å². The van der Waals surface area contributed by atoms with Crippen molar-refractivity contribution >= 4 is 17.5 Å². The van der Waals surface area contributed by atoms with Crippen LogP contribution >= 0.6 is 11.8 Å². The summed E-state index contributed by atoms with van der Waals surface area (Å²) in [7, 11) is 1.64. The fourth-order valence-corrected chi connectivity index (χ4v) is 5.11. The lowest BCUT2D eigenvalue weighted by molar-refractivity contribution is 0.0980. The van der Waals surface area contributed by atoms with Crippen molar-refractivity contribution in [2.75, 3.05) is 7.11 Å². The summed E-state index contributed by atoms with van der Waals surface area (Å²) in [6.45, 7) is 0. The highest BCUT2D eigenvalue weighted by Gasteiger charge is 2.29. The molecule has 0 aromatic heterocycles. The lowest BCUT2D eigenvalue weighted by Gasteiger charge is -2.31. The number of carbonyl (C=O) groups is 1. The lowest BCUT2D eigenvalue weighted by Crippen LogP contribution is -2.20. The van der Waals surface area contributed by atoms with Crippen molar-refractivity contribution in [2.45, 2.75) is 28.9 Å². The van der Waals surface area contributed by atoms with Gasteiger partial charge in [-0.05, 0) is 47.9 Å². The van der Waals surface area contributed by atoms with E-state index in [4.69, 9.17) is 4.74 Å². The van der Waals surface area contributed by atoms with Gasteiger partial charge in [0.05, 0.1) is 7.11 Å². The third-order valence-corrected chi connectivity index (χ3v) is 6.43. The molecule has 2 atom stereocenters. The number of ether oxygens (including phenoxy) is 1. The summed E-state index contributed by atoms with van der Waals surface area (Å²) < 4.78 is 5.19. The molecule has 0 fully saturated rings. The second kappa shape index (κ2) is 8.01. The van der Waals surface area contributed by atoms with Crippen molar-refractivity contribution in [3.8, 4) is 5.75 Å².